The Morgan fingerprint density at radius 3 is 2.09 bits per heavy atom. The highest BCUT2D eigenvalue weighted by Gasteiger charge is 2.29. The number of para-hydroxylation sites is 2. The third kappa shape index (κ3) is 9.23. The first-order valence-electron chi connectivity index (χ1n) is 15.4. The zero-order valence-corrected chi connectivity index (χ0v) is 27.0. The molecule has 3 aromatic carbocycles. The average Bonchev–Trinajstić information content (AvgIpc) is 2.97. The van der Waals surface area contributed by atoms with Crippen LogP contribution in [0, 0.1) is 5.92 Å². The molecule has 9 heteroatoms. The molecule has 0 spiro atoms. The molecule has 0 radical (unpaired) electrons. The Morgan fingerprint density at radius 2 is 1.44 bits per heavy atom. The monoisotopic (exact) mass is 616 g/mol. The summed E-state index contributed by atoms with van der Waals surface area (Å²) in [5.41, 5.74) is -0.167. The quantitative estimate of drug-likeness (QED) is 0.258. The van der Waals surface area contributed by atoms with Gasteiger partial charge in [0.1, 0.15) is 22.7 Å². The van der Waals surface area contributed by atoms with Crippen LogP contribution in [0.25, 0.3) is 0 Å². The number of esters is 1. The Kier molecular flexibility index (Phi) is 10.4. The molecule has 1 aliphatic heterocycles. The molecule has 0 atom stereocenters. The minimum absolute atomic E-state index is 0.0287. The average molecular weight is 617 g/mol. The van der Waals surface area contributed by atoms with Gasteiger partial charge in [0, 0.05) is 18.8 Å². The van der Waals surface area contributed by atoms with E-state index in [-0.39, 0.29) is 23.0 Å². The number of phenols is 1. The summed E-state index contributed by atoms with van der Waals surface area (Å²) in [6.07, 6.45) is 2.21. The van der Waals surface area contributed by atoms with Gasteiger partial charge in [-0.25, -0.2) is 9.59 Å². The molecular formula is C36H44N2O7. The van der Waals surface area contributed by atoms with Gasteiger partial charge in [-0.05, 0) is 109 Å². The third-order valence-corrected chi connectivity index (χ3v) is 7.24. The SMILES string of the molecule is CC(C)(C)OC(=O)c1ccccc1N(C(=O)c1cc(OCCC2CCN(C(=O)OC(C)(C)C)CC2)ccc1O)c1ccccc1. The zero-order valence-electron chi connectivity index (χ0n) is 27.0. The smallest absolute Gasteiger partial charge is 0.410 e. The second kappa shape index (κ2) is 14.1. The first-order valence-corrected chi connectivity index (χ1v) is 15.4. The number of rotatable bonds is 8. The summed E-state index contributed by atoms with van der Waals surface area (Å²) in [6, 6.07) is 20.3. The van der Waals surface area contributed by atoms with E-state index < -0.39 is 23.1 Å². The second-order valence-corrected chi connectivity index (χ2v) is 13.2. The summed E-state index contributed by atoms with van der Waals surface area (Å²) < 4.78 is 17.2. The van der Waals surface area contributed by atoms with E-state index in [0.717, 1.165) is 19.3 Å². The van der Waals surface area contributed by atoms with Gasteiger partial charge < -0.3 is 24.2 Å². The van der Waals surface area contributed by atoms with Crippen LogP contribution in [0.1, 0.15) is 81.5 Å². The molecule has 45 heavy (non-hydrogen) atoms. The van der Waals surface area contributed by atoms with Gasteiger partial charge in [0.05, 0.1) is 23.4 Å². The molecular weight excluding hydrogens is 572 g/mol. The number of likely N-dealkylation sites (tertiary alicyclic amines) is 1. The van der Waals surface area contributed by atoms with Crippen LogP contribution in [-0.4, -0.2) is 58.9 Å². The summed E-state index contributed by atoms with van der Waals surface area (Å²) in [5, 5.41) is 10.8. The van der Waals surface area contributed by atoms with Crippen molar-refractivity contribution in [3.05, 3.63) is 83.9 Å². The fourth-order valence-electron chi connectivity index (χ4n) is 5.09. The van der Waals surface area contributed by atoms with Crippen LogP contribution in [0.15, 0.2) is 72.8 Å². The van der Waals surface area contributed by atoms with E-state index in [2.05, 4.69) is 0 Å². The van der Waals surface area contributed by atoms with Crippen molar-refractivity contribution in [3.8, 4) is 11.5 Å². The maximum Gasteiger partial charge on any atom is 0.410 e. The lowest BCUT2D eigenvalue weighted by atomic mass is 9.94. The Labute approximate surface area is 265 Å². The largest absolute Gasteiger partial charge is 0.507 e. The number of ether oxygens (including phenoxy) is 3. The first kappa shape index (κ1) is 33.4. The molecule has 240 valence electrons. The minimum atomic E-state index is -0.731. The van der Waals surface area contributed by atoms with Crippen molar-refractivity contribution in [3.63, 3.8) is 0 Å². The maximum atomic E-state index is 14.2. The second-order valence-electron chi connectivity index (χ2n) is 13.2. The van der Waals surface area contributed by atoms with Crippen LogP contribution in [0.5, 0.6) is 11.5 Å². The van der Waals surface area contributed by atoms with Gasteiger partial charge in [0.25, 0.3) is 5.91 Å². The number of benzene rings is 3. The molecule has 9 nitrogen and oxygen atoms in total. The van der Waals surface area contributed by atoms with Crippen LogP contribution < -0.4 is 9.64 Å². The summed E-state index contributed by atoms with van der Waals surface area (Å²) >= 11 is 0. The van der Waals surface area contributed by atoms with Crippen LogP contribution in [0.3, 0.4) is 0 Å². The molecule has 3 aromatic rings. The van der Waals surface area contributed by atoms with E-state index in [1.165, 1.54) is 17.0 Å². The number of phenolic OH excluding ortho intramolecular Hbond substituents is 1. The molecule has 1 fully saturated rings. The van der Waals surface area contributed by atoms with Crippen molar-refractivity contribution in [2.45, 2.75) is 72.0 Å². The van der Waals surface area contributed by atoms with Crippen LogP contribution in [0.4, 0.5) is 16.2 Å². The topological polar surface area (TPSA) is 106 Å². The van der Waals surface area contributed by atoms with E-state index >= 15 is 0 Å². The minimum Gasteiger partial charge on any atom is -0.507 e. The molecule has 1 saturated heterocycles. The Morgan fingerprint density at radius 1 is 0.822 bits per heavy atom. The summed E-state index contributed by atoms with van der Waals surface area (Å²) in [6.45, 7) is 12.6. The number of hydrogen-bond donors (Lipinski definition) is 1. The van der Waals surface area contributed by atoms with Crippen LogP contribution in [0.2, 0.25) is 0 Å². The maximum absolute atomic E-state index is 14.2. The molecule has 4 rings (SSSR count). The highest BCUT2D eigenvalue weighted by molar-refractivity contribution is 6.15. The molecule has 0 saturated carbocycles. The standard InChI is InChI=1S/C36H44N2O7/c1-35(2,3)44-33(41)28-14-10-11-15-30(28)38(26-12-8-7-9-13-26)32(40)29-24-27(16-17-31(29)39)43-23-20-25-18-21-37(22-19-25)34(42)45-36(4,5)6/h7-17,24-25,39H,18-23H2,1-6H3. The summed E-state index contributed by atoms with van der Waals surface area (Å²) in [5.74, 6) is -0.479. The lowest BCUT2D eigenvalue weighted by molar-refractivity contribution is 0.00692. The van der Waals surface area contributed by atoms with Gasteiger partial charge >= 0.3 is 12.1 Å². The number of anilines is 2. The Hall–Kier alpha value is -4.53. The molecule has 0 unspecified atom stereocenters. The molecule has 1 N–H and O–H groups in total. The van der Waals surface area contributed by atoms with Crippen molar-refractivity contribution in [2.24, 2.45) is 5.92 Å². The number of piperidine rings is 1. The normalized spacial score (nSPS) is 14.0. The third-order valence-electron chi connectivity index (χ3n) is 7.24. The summed E-state index contributed by atoms with van der Waals surface area (Å²) in [7, 11) is 0. The van der Waals surface area contributed by atoms with Crippen molar-refractivity contribution < 1.29 is 33.7 Å². The number of carbonyl (C=O) groups excluding carboxylic acids is 3. The highest BCUT2D eigenvalue weighted by atomic mass is 16.6. The molecule has 0 aliphatic carbocycles. The van der Waals surface area contributed by atoms with Crippen molar-refractivity contribution in [1.29, 1.82) is 0 Å². The molecule has 1 aliphatic rings. The fourth-order valence-corrected chi connectivity index (χ4v) is 5.09. The lowest BCUT2D eigenvalue weighted by Gasteiger charge is -2.33. The van der Waals surface area contributed by atoms with Gasteiger partial charge in [-0.3, -0.25) is 9.69 Å². The summed E-state index contributed by atoms with van der Waals surface area (Å²) in [4.78, 5) is 42.9. The van der Waals surface area contributed by atoms with Gasteiger partial charge in [0.2, 0.25) is 0 Å². The van der Waals surface area contributed by atoms with Gasteiger partial charge in [-0.1, -0.05) is 30.3 Å². The Balaban J connectivity index is 1.49. The predicted octanol–water partition coefficient (Wildman–Crippen LogP) is 7.74. The van der Waals surface area contributed by atoms with Crippen LogP contribution in [-0.2, 0) is 9.47 Å². The van der Waals surface area contributed by atoms with E-state index in [9.17, 15) is 19.5 Å². The molecule has 0 bridgehead atoms. The number of nitrogens with zero attached hydrogens (tertiary/aromatic N) is 2. The van der Waals surface area contributed by atoms with Crippen molar-refractivity contribution >= 4 is 29.3 Å². The molecule has 1 heterocycles. The lowest BCUT2D eigenvalue weighted by Crippen LogP contribution is -2.41. The zero-order chi connectivity index (χ0) is 32.8. The van der Waals surface area contributed by atoms with Gasteiger partial charge in [-0.2, -0.15) is 0 Å². The van der Waals surface area contributed by atoms with E-state index in [0.29, 0.717) is 42.7 Å². The molecule has 2 amide bonds. The van der Waals surface area contributed by atoms with Gasteiger partial charge in [0.15, 0.2) is 0 Å². The van der Waals surface area contributed by atoms with E-state index in [1.807, 2.05) is 26.8 Å². The number of hydrogen-bond acceptors (Lipinski definition) is 7. The predicted molar refractivity (Wildman–Crippen MR) is 173 cm³/mol. The molecule has 0 aromatic heterocycles. The van der Waals surface area contributed by atoms with Crippen molar-refractivity contribution in [2.75, 3.05) is 24.6 Å². The van der Waals surface area contributed by atoms with E-state index in [1.54, 1.807) is 80.3 Å². The first-order chi connectivity index (χ1) is 21.2. The number of amides is 2. The fraction of sp³-hybridized carbons (Fsp3) is 0.417. The number of carbonyl (C=O) groups is 3. The van der Waals surface area contributed by atoms with Crippen LogP contribution >= 0.6 is 0 Å². The highest BCUT2D eigenvalue weighted by Crippen LogP contribution is 2.34. The van der Waals surface area contributed by atoms with Gasteiger partial charge in [-0.15, -0.1) is 0 Å². The number of aromatic hydroxyl groups is 1. The Bertz CT molecular complexity index is 1480. The van der Waals surface area contributed by atoms with Crippen molar-refractivity contribution in [1.82, 2.24) is 4.90 Å². The van der Waals surface area contributed by atoms with E-state index in [4.69, 9.17) is 14.2 Å².